The van der Waals surface area contributed by atoms with Crippen LogP contribution in [0.1, 0.15) is 30.7 Å². The summed E-state index contributed by atoms with van der Waals surface area (Å²) in [6, 6.07) is 4.49. The molecule has 2 nitrogen and oxygen atoms in total. The van der Waals surface area contributed by atoms with Gasteiger partial charge in [-0.1, -0.05) is 0 Å². The van der Waals surface area contributed by atoms with E-state index in [9.17, 15) is 0 Å². The summed E-state index contributed by atoms with van der Waals surface area (Å²) in [5.41, 5.74) is 11.7. The highest BCUT2D eigenvalue weighted by Gasteiger charge is 2.08. The zero-order valence-electron chi connectivity index (χ0n) is 7.66. The Hall–Kier alpha value is 0.1000. The lowest BCUT2D eigenvalue weighted by molar-refractivity contribution is 0.560. The molecule has 1 heterocycles. The summed E-state index contributed by atoms with van der Waals surface area (Å²) in [6.07, 6.45) is 1.95. The van der Waals surface area contributed by atoms with Crippen LogP contribution in [-0.4, -0.2) is 6.04 Å². The van der Waals surface area contributed by atoms with Crippen LogP contribution in [0.25, 0.3) is 0 Å². The van der Waals surface area contributed by atoms with Gasteiger partial charge in [0.05, 0.1) is 3.79 Å². The SMILES string of the molecule is CC(N)CCC(N)c1ccc(Br)s1. The number of hydrogen-bond donors (Lipinski definition) is 2. The standard InChI is InChI=1S/C9H15BrN2S/c1-6(11)2-3-7(12)8-4-5-9(10)13-8/h4-7H,2-3,11-12H2,1H3. The summed E-state index contributed by atoms with van der Waals surface area (Å²) in [5.74, 6) is 0. The molecule has 0 spiro atoms. The summed E-state index contributed by atoms with van der Waals surface area (Å²) < 4.78 is 1.14. The summed E-state index contributed by atoms with van der Waals surface area (Å²) >= 11 is 5.12. The molecular formula is C9H15BrN2S. The fourth-order valence-electron chi connectivity index (χ4n) is 1.11. The molecule has 0 amide bonds. The Morgan fingerprint density at radius 2 is 2.08 bits per heavy atom. The lowest BCUT2D eigenvalue weighted by Crippen LogP contribution is -2.18. The van der Waals surface area contributed by atoms with Crippen molar-refractivity contribution in [3.8, 4) is 0 Å². The van der Waals surface area contributed by atoms with Crippen LogP contribution in [0.5, 0.6) is 0 Å². The van der Waals surface area contributed by atoms with Gasteiger partial charge in [-0.25, -0.2) is 0 Å². The largest absolute Gasteiger partial charge is 0.328 e. The second kappa shape index (κ2) is 5.10. The summed E-state index contributed by atoms with van der Waals surface area (Å²) in [6.45, 7) is 2.01. The maximum Gasteiger partial charge on any atom is 0.0701 e. The molecule has 4 heteroatoms. The molecule has 0 saturated heterocycles. The zero-order chi connectivity index (χ0) is 9.84. The average molecular weight is 263 g/mol. The maximum atomic E-state index is 5.99. The number of rotatable bonds is 4. The molecule has 0 fully saturated rings. The molecule has 1 rings (SSSR count). The van der Waals surface area contributed by atoms with E-state index in [1.54, 1.807) is 11.3 Å². The Balaban J connectivity index is 2.44. The first-order valence-corrected chi connectivity index (χ1v) is 5.97. The minimum absolute atomic E-state index is 0.141. The number of halogens is 1. The number of hydrogen-bond acceptors (Lipinski definition) is 3. The molecule has 0 radical (unpaired) electrons. The molecule has 0 aliphatic carbocycles. The van der Waals surface area contributed by atoms with Crippen molar-refractivity contribution in [3.63, 3.8) is 0 Å². The quantitative estimate of drug-likeness (QED) is 0.877. The van der Waals surface area contributed by atoms with Crippen molar-refractivity contribution in [1.29, 1.82) is 0 Å². The molecule has 2 unspecified atom stereocenters. The highest BCUT2D eigenvalue weighted by molar-refractivity contribution is 9.11. The molecule has 0 aliphatic rings. The van der Waals surface area contributed by atoms with Crippen molar-refractivity contribution in [1.82, 2.24) is 0 Å². The van der Waals surface area contributed by atoms with Crippen LogP contribution >= 0.6 is 27.3 Å². The first kappa shape index (κ1) is 11.2. The third-order valence-electron chi connectivity index (χ3n) is 1.89. The molecule has 4 N–H and O–H groups in total. The van der Waals surface area contributed by atoms with Gasteiger partial charge in [0.1, 0.15) is 0 Å². The molecule has 1 aromatic heterocycles. The Morgan fingerprint density at radius 1 is 1.38 bits per heavy atom. The van der Waals surface area contributed by atoms with Crippen molar-refractivity contribution in [2.75, 3.05) is 0 Å². The number of nitrogens with two attached hydrogens (primary N) is 2. The lowest BCUT2D eigenvalue weighted by atomic mass is 10.1. The summed E-state index contributed by atoms with van der Waals surface area (Å²) in [4.78, 5) is 1.23. The fraction of sp³-hybridized carbons (Fsp3) is 0.556. The van der Waals surface area contributed by atoms with Gasteiger partial charge in [-0.15, -0.1) is 11.3 Å². The van der Waals surface area contributed by atoms with Gasteiger partial charge in [0, 0.05) is 17.0 Å². The van der Waals surface area contributed by atoms with Gasteiger partial charge in [-0.2, -0.15) is 0 Å². The summed E-state index contributed by atoms with van der Waals surface area (Å²) in [5, 5.41) is 0. The Bertz CT molecular complexity index is 260. The first-order chi connectivity index (χ1) is 6.09. The van der Waals surface area contributed by atoms with Crippen LogP contribution in [0.3, 0.4) is 0 Å². The number of thiophene rings is 1. The third-order valence-corrected chi connectivity index (χ3v) is 3.65. The van der Waals surface area contributed by atoms with E-state index >= 15 is 0 Å². The zero-order valence-corrected chi connectivity index (χ0v) is 10.1. The van der Waals surface area contributed by atoms with Gasteiger partial charge < -0.3 is 11.5 Å². The van der Waals surface area contributed by atoms with E-state index in [0.717, 1.165) is 16.6 Å². The van der Waals surface area contributed by atoms with Crippen LogP contribution in [-0.2, 0) is 0 Å². The van der Waals surface area contributed by atoms with Gasteiger partial charge in [0.25, 0.3) is 0 Å². The molecule has 1 aromatic rings. The van der Waals surface area contributed by atoms with Crippen LogP contribution in [0.4, 0.5) is 0 Å². The molecule has 0 aromatic carbocycles. The van der Waals surface area contributed by atoms with Gasteiger partial charge >= 0.3 is 0 Å². The first-order valence-electron chi connectivity index (χ1n) is 4.36. The molecule has 0 bridgehead atoms. The second-order valence-corrected chi connectivity index (χ2v) is 5.80. The van der Waals surface area contributed by atoms with Gasteiger partial charge in [0.2, 0.25) is 0 Å². The Morgan fingerprint density at radius 3 is 2.54 bits per heavy atom. The molecule has 74 valence electrons. The second-order valence-electron chi connectivity index (χ2n) is 3.30. The van der Waals surface area contributed by atoms with E-state index in [-0.39, 0.29) is 12.1 Å². The molecule has 0 saturated carbocycles. The monoisotopic (exact) mass is 262 g/mol. The van der Waals surface area contributed by atoms with E-state index in [2.05, 4.69) is 22.0 Å². The summed E-state index contributed by atoms with van der Waals surface area (Å²) in [7, 11) is 0. The molecule has 13 heavy (non-hydrogen) atoms. The smallest absolute Gasteiger partial charge is 0.0701 e. The minimum atomic E-state index is 0.141. The van der Waals surface area contributed by atoms with E-state index in [1.165, 1.54) is 4.88 Å². The molecule has 0 aliphatic heterocycles. The van der Waals surface area contributed by atoms with E-state index < -0.39 is 0 Å². The van der Waals surface area contributed by atoms with Crippen LogP contribution in [0.15, 0.2) is 15.9 Å². The molecular weight excluding hydrogens is 248 g/mol. The van der Waals surface area contributed by atoms with Crippen molar-refractivity contribution >= 4 is 27.3 Å². The van der Waals surface area contributed by atoms with Crippen molar-refractivity contribution < 1.29 is 0 Å². The van der Waals surface area contributed by atoms with Crippen molar-refractivity contribution in [2.24, 2.45) is 11.5 Å². The van der Waals surface area contributed by atoms with Gasteiger partial charge in [0.15, 0.2) is 0 Å². The van der Waals surface area contributed by atoms with Crippen LogP contribution < -0.4 is 11.5 Å². The van der Waals surface area contributed by atoms with Crippen LogP contribution in [0.2, 0.25) is 0 Å². The fourth-order valence-corrected chi connectivity index (χ4v) is 2.57. The van der Waals surface area contributed by atoms with E-state index in [4.69, 9.17) is 11.5 Å². The van der Waals surface area contributed by atoms with Gasteiger partial charge in [-0.3, -0.25) is 0 Å². The van der Waals surface area contributed by atoms with Gasteiger partial charge in [-0.05, 0) is 47.8 Å². The predicted octanol–water partition coefficient (Wildman–Crippen LogP) is 2.64. The molecule has 2 atom stereocenters. The maximum absolute atomic E-state index is 5.99. The van der Waals surface area contributed by atoms with Crippen molar-refractivity contribution in [3.05, 3.63) is 20.8 Å². The average Bonchev–Trinajstić information content (AvgIpc) is 2.47. The minimum Gasteiger partial charge on any atom is -0.328 e. The predicted molar refractivity (Wildman–Crippen MR) is 61.8 cm³/mol. The van der Waals surface area contributed by atoms with E-state index in [0.29, 0.717) is 0 Å². The lowest BCUT2D eigenvalue weighted by Gasteiger charge is -2.10. The third kappa shape index (κ3) is 3.77. The Kier molecular flexibility index (Phi) is 4.38. The Labute approximate surface area is 91.4 Å². The highest BCUT2D eigenvalue weighted by atomic mass is 79.9. The highest BCUT2D eigenvalue weighted by Crippen LogP contribution is 2.28. The normalized spacial score (nSPS) is 15.7. The van der Waals surface area contributed by atoms with Crippen LogP contribution in [0, 0.1) is 0 Å². The van der Waals surface area contributed by atoms with Crippen molar-refractivity contribution in [2.45, 2.75) is 31.8 Å². The van der Waals surface area contributed by atoms with E-state index in [1.807, 2.05) is 13.0 Å². The topological polar surface area (TPSA) is 52.0 Å².